The molecule has 5 aromatic carbocycles. The Morgan fingerprint density at radius 2 is 0.727 bits per heavy atom. The molecule has 0 radical (unpaired) electrons. The molecule has 0 atom stereocenters. The zero-order valence-electron chi connectivity index (χ0n) is 22.7. The van der Waals surface area contributed by atoms with E-state index in [1.807, 2.05) is 0 Å². The third-order valence-corrected chi connectivity index (χ3v) is 7.47. The van der Waals surface area contributed by atoms with Crippen molar-refractivity contribution in [1.29, 1.82) is 0 Å². The fourth-order valence-corrected chi connectivity index (χ4v) is 5.62. The van der Waals surface area contributed by atoms with Gasteiger partial charge in [-0.05, 0) is 48.5 Å². The van der Waals surface area contributed by atoms with Crippen LogP contribution < -0.4 is 11.4 Å². The molecule has 7 rings (SSSR count). The molecule has 7 aromatic rings. The average Bonchev–Trinajstić information content (AvgIpc) is 3.50. The van der Waals surface area contributed by atoms with Crippen LogP contribution in [0, 0.1) is 20.2 Å². The highest BCUT2D eigenvalue weighted by Crippen LogP contribution is 2.36. The molecule has 44 heavy (non-hydrogen) atoms. The molecule has 0 fully saturated rings. The van der Waals surface area contributed by atoms with Crippen molar-refractivity contribution in [2.24, 2.45) is 0 Å². The van der Waals surface area contributed by atoms with Crippen molar-refractivity contribution in [3.05, 3.63) is 163 Å². The smallest absolute Gasteiger partial charge is 0.260 e. The van der Waals surface area contributed by atoms with E-state index >= 15 is 0 Å². The Labute approximate surface area is 246 Å². The van der Waals surface area contributed by atoms with Gasteiger partial charge in [-0.25, -0.2) is 9.59 Å². The first-order chi connectivity index (χ1) is 21.4. The largest absolute Gasteiger partial charge is 0.338 e. The molecule has 0 saturated heterocycles. The summed E-state index contributed by atoms with van der Waals surface area (Å²) < 4.78 is 4.95. The first-order valence-corrected chi connectivity index (χ1v) is 13.4. The Hall–Kier alpha value is -6.56. The summed E-state index contributed by atoms with van der Waals surface area (Å²) in [6.45, 7) is 0. The molecule has 0 amide bonds. The highest BCUT2D eigenvalue weighted by molar-refractivity contribution is 5.84. The summed E-state index contributed by atoms with van der Waals surface area (Å²) in [5, 5.41) is 25.2. The molecule has 0 aliphatic rings. The summed E-state index contributed by atoms with van der Waals surface area (Å²) in [7, 11) is 0. The number of fused-ring (bicyclic) bond motifs is 2. The molecule has 2 aromatic heterocycles. The highest BCUT2D eigenvalue weighted by Gasteiger charge is 2.31. The fraction of sp³-hybridized carbons (Fsp3) is 0. The van der Waals surface area contributed by atoms with E-state index in [2.05, 4.69) is 0 Å². The van der Waals surface area contributed by atoms with E-state index in [1.54, 1.807) is 109 Å². The minimum atomic E-state index is -0.717. The maximum atomic E-state index is 14.0. The third kappa shape index (κ3) is 3.93. The van der Waals surface area contributed by atoms with Gasteiger partial charge in [-0.1, -0.05) is 60.7 Å². The van der Waals surface area contributed by atoms with Crippen LogP contribution in [0.5, 0.6) is 0 Å². The second-order valence-corrected chi connectivity index (χ2v) is 9.90. The van der Waals surface area contributed by atoms with E-state index < -0.39 is 32.6 Å². The van der Waals surface area contributed by atoms with Gasteiger partial charge in [0.15, 0.2) is 0 Å². The molecule has 12 nitrogen and oxygen atoms in total. The quantitative estimate of drug-likeness (QED) is 0.182. The molecule has 0 unspecified atom stereocenters. The van der Waals surface area contributed by atoms with Crippen LogP contribution in [0.3, 0.4) is 0 Å². The van der Waals surface area contributed by atoms with Gasteiger partial charge in [-0.15, -0.1) is 0 Å². The summed E-state index contributed by atoms with van der Waals surface area (Å²) >= 11 is 0. The lowest BCUT2D eigenvalue weighted by Gasteiger charge is -2.10. The van der Waals surface area contributed by atoms with Crippen LogP contribution in [0.2, 0.25) is 0 Å². The van der Waals surface area contributed by atoms with Crippen molar-refractivity contribution >= 4 is 33.4 Å². The Balaban J connectivity index is 1.57. The lowest BCUT2D eigenvalue weighted by Crippen LogP contribution is -2.24. The second kappa shape index (κ2) is 10.1. The van der Waals surface area contributed by atoms with Crippen LogP contribution in [-0.4, -0.2) is 28.1 Å². The number of nitrogens with zero attached hydrogens (tertiary/aromatic N) is 6. The minimum Gasteiger partial charge on any atom is -0.260 e. The fourth-order valence-electron chi connectivity index (χ4n) is 5.62. The lowest BCUT2D eigenvalue weighted by atomic mass is 10.2. The van der Waals surface area contributed by atoms with Gasteiger partial charge in [0.25, 0.3) is 11.4 Å². The molecule has 0 spiro atoms. The van der Waals surface area contributed by atoms with E-state index in [4.69, 9.17) is 0 Å². The van der Waals surface area contributed by atoms with Crippen LogP contribution in [0.15, 0.2) is 131 Å². The van der Waals surface area contributed by atoms with Crippen molar-refractivity contribution < 1.29 is 9.85 Å². The van der Waals surface area contributed by atoms with Gasteiger partial charge in [0, 0.05) is 12.1 Å². The zero-order chi connectivity index (χ0) is 30.5. The topological polar surface area (TPSA) is 140 Å². The predicted octanol–water partition coefficient (Wildman–Crippen LogP) is 5.69. The zero-order valence-corrected chi connectivity index (χ0v) is 22.7. The lowest BCUT2D eigenvalue weighted by molar-refractivity contribution is -0.388. The van der Waals surface area contributed by atoms with Crippen molar-refractivity contribution in [3.63, 3.8) is 0 Å². The van der Waals surface area contributed by atoms with Gasteiger partial charge in [0.1, 0.15) is 11.4 Å². The number of rotatable bonds is 6. The maximum Gasteiger partial charge on any atom is 0.338 e. The number of para-hydroxylation sites is 6. The summed E-state index contributed by atoms with van der Waals surface area (Å²) in [5.74, 6) is 0. The Morgan fingerprint density at radius 3 is 1.05 bits per heavy atom. The Morgan fingerprint density at radius 1 is 0.432 bits per heavy atom. The number of nitro groups is 2. The summed E-state index contributed by atoms with van der Waals surface area (Å²) in [5.41, 5.74) is -0.544. The predicted molar refractivity (Wildman–Crippen MR) is 165 cm³/mol. The van der Waals surface area contributed by atoms with Gasteiger partial charge in [-0.3, -0.25) is 38.5 Å². The summed E-state index contributed by atoms with van der Waals surface area (Å²) in [4.78, 5) is 51.7. The van der Waals surface area contributed by atoms with Crippen LogP contribution in [0.4, 0.5) is 11.4 Å². The van der Waals surface area contributed by atoms with Crippen molar-refractivity contribution in [2.45, 2.75) is 0 Å². The molecule has 0 aliphatic heterocycles. The van der Waals surface area contributed by atoms with Crippen molar-refractivity contribution in [2.75, 3.05) is 0 Å². The second-order valence-electron chi connectivity index (χ2n) is 9.90. The van der Waals surface area contributed by atoms with Gasteiger partial charge < -0.3 is 0 Å². The number of hydrogen-bond donors (Lipinski definition) is 0. The molecule has 214 valence electrons. The summed E-state index contributed by atoms with van der Waals surface area (Å²) in [6, 6.07) is 32.8. The van der Waals surface area contributed by atoms with Gasteiger partial charge >= 0.3 is 11.4 Å². The van der Waals surface area contributed by atoms with E-state index in [1.165, 1.54) is 9.13 Å². The molecule has 12 heteroatoms. The highest BCUT2D eigenvalue weighted by atomic mass is 16.6. The van der Waals surface area contributed by atoms with E-state index in [0.717, 1.165) is 21.3 Å². The van der Waals surface area contributed by atoms with Crippen molar-refractivity contribution in [3.8, 4) is 22.7 Å². The van der Waals surface area contributed by atoms with Gasteiger partial charge in [0.2, 0.25) is 0 Å². The number of imidazole rings is 2. The van der Waals surface area contributed by atoms with E-state index in [9.17, 15) is 29.8 Å². The first-order valence-electron chi connectivity index (χ1n) is 13.4. The van der Waals surface area contributed by atoms with E-state index in [-0.39, 0.29) is 11.4 Å². The SMILES string of the molecule is O=c1n(-c2ccccc2)c2ccccc2n1-c1cc([N+](=O)[O-])c(-n2c(=O)n(-c3ccccc3)c3ccccc32)cc1[N+](=O)[O-]. The van der Waals surface area contributed by atoms with Crippen LogP contribution in [0.25, 0.3) is 44.8 Å². The van der Waals surface area contributed by atoms with E-state index in [0.29, 0.717) is 33.4 Å². The molecule has 2 heterocycles. The molecular weight excluding hydrogens is 564 g/mol. The third-order valence-electron chi connectivity index (χ3n) is 7.47. The number of benzene rings is 5. The molecule has 0 saturated carbocycles. The number of hydrogen-bond acceptors (Lipinski definition) is 6. The van der Waals surface area contributed by atoms with Gasteiger partial charge in [0.05, 0.1) is 43.3 Å². The molecular formula is C32H20N6O6. The van der Waals surface area contributed by atoms with Crippen LogP contribution in [0.1, 0.15) is 0 Å². The van der Waals surface area contributed by atoms with Crippen molar-refractivity contribution in [1.82, 2.24) is 18.3 Å². The maximum absolute atomic E-state index is 14.0. The van der Waals surface area contributed by atoms with Gasteiger partial charge in [-0.2, -0.15) is 0 Å². The van der Waals surface area contributed by atoms with Crippen LogP contribution in [-0.2, 0) is 0 Å². The molecule has 0 bridgehead atoms. The standard InChI is InChI=1S/C32H20N6O6/c39-31-33(21-11-3-1-4-12-21)23-15-7-9-17-25(23)35(31)27-19-30(38(43)44)28(20-29(27)37(41)42)36-26-18-10-8-16-24(26)34(32(36)40)22-13-5-2-6-14-22/h1-20H. The average molecular weight is 585 g/mol. The Kier molecular flexibility index (Phi) is 6.03. The first kappa shape index (κ1) is 26.3. The number of nitro benzene ring substituents is 2. The molecule has 0 aliphatic carbocycles. The van der Waals surface area contributed by atoms with Crippen LogP contribution >= 0.6 is 0 Å². The number of aromatic nitrogens is 4. The Bertz CT molecular complexity index is 2220. The monoisotopic (exact) mass is 584 g/mol. The minimum absolute atomic E-state index is 0.304. The molecule has 0 N–H and O–H groups in total. The summed E-state index contributed by atoms with van der Waals surface area (Å²) in [6.07, 6.45) is 0. The normalized spacial score (nSPS) is 11.3.